The number of hydrogen-bond donors (Lipinski definition) is 0. The minimum Gasteiger partial charge on any atom is -0.359 e. The van der Waals surface area contributed by atoms with E-state index >= 15 is 0 Å². The second kappa shape index (κ2) is 6.11. The molecule has 0 spiro atoms. The van der Waals surface area contributed by atoms with Crippen LogP contribution in [0.3, 0.4) is 0 Å². The Balaban J connectivity index is 0.00000231. The van der Waals surface area contributed by atoms with Gasteiger partial charge in [-0.25, -0.2) is 0 Å². The fourth-order valence-corrected chi connectivity index (χ4v) is 6.10. The number of nitrogens with zero attached hydrogens (tertiary/aromatic N) is 2. The van der Waals surface area contributed by atoms with Crippen LogP contribution in [0.1, 0.15) is 85.9 Å². The zero-order chi connectivity index (χ0) is 22.1. The van der Waals surface area contributed by atoms with Crippen LogP contribution in [0.2, 0.25) is 0 Å². The van der Waals surface area contributed by atoms with Crippen LogP contribution in [0.15, 0.2) is 30.3 Å². The largest absolute Gasteiger partial charge is 0.359 e. The number of benzene rings is 2. The third kappa shape index (κ3) is 2.35. The summed E-state index contributed by atoms with van der Waals surface area (Å²) in [5.41, 5.74) is 7.97. The Hall–Kier alpha value is -1.44. The number of fused-ring (bicyclic) bond motifs is 6. The fourth-order valence-electron chi connectivity index (χ4n) is 6.10. The van der Waals surface area contributed by atoms with E-state index in [2.05, 4.69) is 104 Å². The molecule has 0 N–H and O–H groups in total. The minimum atomic E-state index is -0.110. The van der Waals surface area contributed by atoms with Crippen molar-refractivity contribution in [3.63, 3.8) is 0 Å². The molecular formula is C28H35IrN2-. The summed E-state index contributed by atoms with van der Waals surface area (Å²) in [6.45, 7) is 23.9. The van der Waals surface area contributed by atoms with Crippen molar-refractivity contribution in [2.45, 2.75) is 91.0 Å². The van der Waals surface area contributed by atoms with Crippen LogP contribution in [-0.2, 0) is 41.9 Å². The van der Waals surface area contributed by atoms with Crippen LogP contribution in [0.25, 0.3) is 22.4 Å². The first-order valence-corrected chi connectivity index (χ1v) is 11.3. The van der Waals surface area contributed by atoms with Crippen LogP contribution in [0, 0.1) is 11.5 Å². The van der Waals surface area contributed by atoms with E-state index < -0.39 is 0 Å². The van der Waals surface area contributed by atoms with E-state index in [0.29, 0.717) is 0 Å². The standard InChI is InChI=1S/C28H35N2.Ir/c1-24(2)19-15-21-22(16-20(19)25(3,4)27(24,7)8)30-23(29-21)17-13-11-12-14-18(17)26(5,6)28(30,9)10;/h11-12,14-16H,1-10H3;/q-1;. The molecule has 0 saturated carbocycles. The third-order valence-electron chi connectivity index (χ3n) is 10.1. The number of hydrogen-bond acceptors (Lipinski definition) is 1. The molecule has 3 heteroatoms. The van der Waals surface area contributed by atoms with Crippen molar-refractivity contribution < 1.29 is 20.1 Å². The molecule has 0 bridgehead atoms. The monoisotopic (exact) mass is 592 g/mol. The molecule has 2 aliphatic rings. The summed E-state index contributed by atoms with van der Waals surface area (Å²) in [6.07, 6.45) is 0. The molecule has 0 amide bonds. The Morgan fingerprint density at radius 3 is 1.97 bits per heavy atom. The normalized spacial score (nSPS) is 22.9. The Bertz CT molecular complexity index is 1220. The van der Waals surface area contributed by atoms with Crippen molar-refractivity contribution in [2.24, 2.45) is 5.41 Å². The van der Waals surface area contributed by atoms with Crippen molar-refractivity contribution >= 4 is 11.0 Å². The van der Waals surface area contributed by atoms with E-state index in [1.165, 1.54) is 22.2 Å². The third-order valence-corrected chi connectivity index (χ3v) is 10.1. The second-order valence-corrected chi connectivity index (χ2v) is 12.2. The molecule has 1 aliphatic carbocycles. The molecule has 31 heavy (non-hydrogen) atoms. The second-order valence-electron chi connectivity index (χ2n) is 12.2. The maximum absolute atomic E-state index is 5.23. The van der Waals surface area contributed by atoms with E-state index in [0.717, 1.165) is 16.9 Å². The van der Waals surface area contributed by atoms with E-state index in [-0.39, 0.29) is 47.3 Å². The van der Waals surface area contributed by atoms with Crippen molar-refractivity contribution in [1.29, 1.82) is 0 Å². The van der Waals surface area contributed by atoms with Gasteiger partial charge in [0, 0.05) is 25.6 Å². The average Bonchev–Trinajstić information content (AvgIpc) is 3.08. The maximum Gasteiger partial charge on any atom is 0.0774 e. The summed E-state index contributed by atoms with van der Waals surface area (Å²) >= 11 is 0. The van der Waals surface area contributed by atoms with Gasteiger partial charge in [0.25, 0.3) is 0 Å². The smallest absolute Gasteiger partial charge is 0.0774 e. The van der Waals surface area contributed by atoms with Gasteiger partial charge < -0.3 is 4.57 Å². The van der Waals surface area contributed by atoms with Crippen LogP contribution in [0.4, 0.5) is 0 Å². The SMILES string of the molecule is CC1(C)c2ccc[c-]c2-c2nc3cc4c(cc3n2C1(C)C)C(C)(C)C(C)(C)C4(C)C.[Ir]. The van der Waals surface area contributed by atoms with Gasteiger partial charge in [0.15, 0.2) is 0 Å². The summed E-state index contributed by atoms with van der Waals surface area (Å²) in [4.78, 5) is 5.23. The van der Waals surface area contributed by atoms with E-state index in [1.807, 2.05) is 6.07 Å². The maximum atomic E-state index is 5.23. The first-order valence-electron chi connectivity index (χ1n) is 11.3. The van der Waals surface area contributed by atoms with Gasteiger partial charge in [-0.05, 0) is 58.8 Å². The van der Waals surface area contributed by atoms with Crippen molar-refractivity contribution in [2.75, 3.05) is 0 Å². The van der Waals surface area contributed by atoms with Crippen molar-refractivity contribution in [1.82, 2.24) is 9.55 Å². The number of aromatic nitrogens is 2. The van der Waals surface area contributed by atoms with E-state index in [9.17, 15) is 0 Å². The molecule has 0 atom stereocenters. The van der Waals surface area contributed by atoms with Crippen molar-refractivity contribution in [3.05, 3.63) is 53.1 Å². The summed E-state index contributed by atoms with van der Waals surface area (Å²) in [5, 5.41) is 0. The summed E-state index contributed by atoms with van der Waals surface area (Å²) < 4.78 is 2.50. The van der Waals surface area contributed by atoms with E-state index in [4.69, 9.17) is 4.98 Å². The van der Waals surface area contributed by atoms with Gasteiger partial charge in [-0.3, -0.25) is 4.98 Å². The summed E-state index contributed by atoms with van der Waals surface area (Å²) in [6, 6.07) is 14.8. The van der Waals surface area contributed by atoms with Gasteiger partial charge in [-0.15, -0.1) is 35.4 Å². The Kier molecular flexibility index (Phi) is 4.49. The van der Waals surface area contributed by atoms with E-state index in [1.54, 1.807) is 0 Å². The van der Waals surface area contributed by atoms with Gasteiger partial charge in [0.05, 0.1) is 16.9 Å². The topological polar surface area (TPSA) is 17.8 Å². The molecule has 3 aromatic rings. The molecule has 1 aliphatic heterocycles. The quantitative estimate of drug-likeness (QED) is 0.255. The predicted octanol–water partition coefficient (Wildman–Crippen LogP) is 7.12. The Labute approximate surface area is 201 Å². The van der Waals surface area contributed by atoms with Gasteiger partial charge >= 0.3 is 0 Å². The molecule has 2 nitrogen and oxygen atoms in total. The zero-order valence-electron chi connectivity index (χ0n) is 20.6. The molecular weight excluding hydrogens is 557 g/mol. The van der Waals surface area contributed by atoms with Crippen molar-refractivity contribution in [3.8, 4) is 11.4 Å². The Morgan fingerprint density at radius 2 is 1.35 bits per heavy atom. The van der Waals surface area contributed by atoms with Gasteiger partial charge in [0.1, 0.15) is 0 Å². The molecule has 2 heterocycles. The predicted molar refractivity (Wildman–Crippen MR) is 126 cm³/mol. The number of rotatable bonds is 0. The first kappa shape index (κ1) is 22.7. The molecule has 2 aromatic carbocycles. The zero-order valence-corrected chi connectivity index (χ0v) is 23.0. The summed E-state index contributed by atoms with van der Waals surface area (Å²) in [7, 11) is 0. The van der Waals surface area contributed by atoms with Gasteiger partial charge in [-0.2, -0.15) is 0 Å². The van der Waals surface area contributed by atoms with Gasteiger partial charge in [0.2, 0.25) is 0 Å². The van der Waals surface area contributed by atoms with Crippen LogP contribution in [-0.4, -0.2) is 9.55 Å². The first-order chi connectivity index (χ1) is 13.7. The van der Waals surface area contributed by atoms with Crippen LogP contribution in [0.5, 0.6) is 0 Å². The summed E-state index contributed by atoms with van der Waals surface area (Å²) in [5.74, 6) is 1.06. The van der Waals surface area contributed by atoms with Crippen LogP contribution >= 0.6 is 0 Å². The Morgan fingerprint density at radius 1 is 0.774 bits per heavy atom. The molecule has 1 radical (unpaired) electrons. The molecule has 0 fully saturated rings. The molecule has 167 valence electrons. The minimum absolute atomic E-state index is 0. The molecule has 1 aromatic heterocycles. The molecule has 0 saturated heterocycles. The molecule has 0 unspecified atom stereocenters. The van der Waals surface area contributed by atoms with Gasteiger partial charge in [-0.1, -0.05) is 55.4 Å². The van der Waals surface area contributed by atoms with Crippen LogP contribution < -0.4 is 0 Å². The number of imidazole rings is 1. The fraction of sp³-hybridized carbons (Fsp3) is 0.536. The average molecular weight is 592 g/mol. The molecule has 5 rings (SSSR count).